The first-order valence-corrected chi connectivity index (χ1v) is 6.76. The molecule has 0 aliphatic rings. The molecule has 1 rings (SSSR count). The maximum atomic E-state index is 11.8. The summed E-state index contributed by atoms with van der Waals surface area (Å²) in [6.07, 6.45) is 3.52. The number of amides is 1. The normalized spacial score (nSPS) is 14.1. The Kier molecular flexibility index (Phi) is 4.96. The van der Waals surface area contributed by atoms with Crippen molar-refractivity contribution in [1.29, 1.82) is 0 Å². The molecule has 1 aromatic heterocycles. The van der Waals surface area contributed by atoms with Crippen molar-refractivity contribution in [1.82, 2.24) is 10.3 Å². The number of carbonyl (C=O) groups is 1. The lowest BCUT2D eigenvalue weighted by molar-refractivity contribution is 0.0725. The number of hydrogen-bond donors (Lipinski definition) is 2. The molecule has 1 unspecified atom stereocenters. The van der Waals surface area contributed by atoms with E-state index in [2.05, 4.69) is 10.3 Å². The number of nitrogens with zero attached hydrogens (tertiary/aromatic N) is 1. The first-order valence-electron chi connectivity index (χ1n) is 5.37. The minimum Gasteiger partial charge on any atom is -0.387 e. The minimum absolute atomic E-state index is 0.183. The zero-order chi connectivity index (χ0) is 12.9. The Hall–Kier alpha value is -1.07. The molecular formula is C12H18N2O2S. The fourth-order valence-electron chi connectivity index (χ4n) is 1.42. The summed E-state index contributed by atoms with van der Waals surface area (Å²) in [6.45, 7) is 3.79. The summed E-state index contributed by atoms with van der Waals surface area (Å²) in [5.74, 6) is 0.403. The molecule has 0 aliphatic heterocycles. The van der Waals surface area contributed by atoms with Crippen molar-refractivity contribution in [3.63, 3.8) is 0 Å². The Balaban J connectivity index is 2.56. The summed E-state index contributed by atoms with van der Waals surface area (Å²) in [4.78, 5) is 15.8. The van der Waals surface area contributed by atoms with Crippen LogP contribution in [0.2, 0.25) is 0 Å². The molecule has 0 fully saturated rings. The van der Waals surface area contributed by atoms with Crippen molar-refractivity contribution in [2.24, 2.45) is 0 Å². The lowest BCUT2D eigenvalue weighted by Gasteiger charge is -2.22. The topological polar surface area (TPSA) is 62.2 Å². The summed E-state index contributed by atoms with van der Waals surface area (Å²) in [5, 5.41) is 12.6. The fourth-order valence-corrected chi connectivity index (χ4v) is 2.15. The molecule has 0 saturated heterocycles. The molecule has 1 atom stereocenters. The number of carbonyl (C=O) groups excluding carboxylic acids is 1. The third-order valence-electron chi connectivity index (χ3n) is 2.24. The van der Waals surface area contributed by atoms with Crippen LogP contribution in [0.5, 0.6) is 0 Å². The Labute approximate surface area is 106 Å². The van der Waals surface area contributed by atoms with Gasteiger partial charge in [-0.15, -0.1) is 0 Å². The highest BCUT2D eigenvalue weighted by atomic mass is 32.2. The van der Waals surface area contributed by atoms with Gasteiger partial charge in [-0.25, -0.2) is 0 Å². The summed E-state index contributed by atoms with van der Waals surface area (Å²) >= 11 is 1.55. The lowest BCUT2D eigenvalue weighted by atomic mass is 10.1. The van der Waals surface area contributed by atoms with Gasteiger partial charge in [-0.1, -0.05) is 0 Å². The molecule has 0 bridgehead atoms. The number of rotatable bonds is 5. The summed E-state index contributed by atoms with van der Waals surface area (Å²) < 4.78 is 0. The average molecular weight is 254 g/mol. The number of pyridine rings is 1. The van der Waals surface area contributed by atoms with Gasteiger partial charge in [0.25, 0.3) is 5.91 Å². The van der Waals surface area contributed by atoms with Crippen LogP contribution in [0.1, 0.15) is 23.0 Å². The zero-order valence-corrected chi connectivity index (χ0v) is 11.2. The van der Waals surface area contributed by atoms with Gasteiger partial charge < -0.3 is 10.4 Å². The molecule has 0 aliphatic carbocycles. The molecule has 5 heteroatoms. The Morgan fingerprint density at radius 2 is 2.35 bits per heavy atom. The Bertz CT molecular complexity index is 394. The van der Waals surface area contributed by atoms with Crippen molar-refractivity contribution in [3.05, 3.63) is 29.6 Å². The van der Waals surface area contributed by atoms with Gasteiger partial charge in [0.2, 0.25) is 0 Å². The third kappa shape index (κ3) is 4.75. The van der Waals surface area contributed by atoms with Crippen molar-refractivity contribution < 1.29 is 9.90 Å². The molecule has 0 radical (unpaired) electrons. The van der Waals surface area contributed by atoms with E-state index in [0.717, 1.165) is 5.69 Å². The highest BCUT2D eigenvalue weighted by Gasteiger charge is 2.20. The molecule has 0 spiro atoms. The van der Waals surface area contributed by atoms with Crippen LogP contribution in [0.3, 0.4) is 0 Å². The van der Waals surface area contributed by atoms with Crippen LogP contribution in [0.15, 0.2) is 18.3 Å². The van der Waals surface area contributed by atoms with Gasteiger partial charge in [0, 0.05) is 29.8 Å². The highest BCUT2D eigenvalue weighted by molar-refractivity contribution is 7.98. The first-order chi connectivity index (χ1) is 7.94. The monoisotopic (exact) mass is 254 g/mol. The number of aromatic nitrogens is 1. The maximum Gasteiger partial charge on any atom is 0.251 e. The van der Waals surface area contributed by atoms with Gasteiger partial charge in [-0.2, -0.15) is 11.8 Å². The third-order valence-corrected chi connectivity index (χ3v) is 3.15. The number of thioether (sulfide) groups is 1. The summed E-state index contributed by atoms with van der Waals surface area (Å²) in [5.41, 5.74) is 0.489. The lowest BCUT2D eigenvalue weighted by Crippen LogP contribution is -2.42. The van der Waals surface area contributed by atoms with Crippen molar-refractivity contribution >= 4 is 17.7 Å². The van der Waals surface area contributed by atoms with Gasteiger partial charge in [0.1, 0.15) is 0 Å². The first kappa shape index (κ1) is 14.0. The molecular weight excluding hydrogens is 236 g/mol. The van der Waals surface area contributed by atoms with E-state index in [0.29, 0.717) is 11.3 Å². The smallest absolute Gasteiger partial charge is 0.251 e. The molecule has 1 aromatic rings. The molecule has 94 valence electrons. The molecule has 0 saturated carbocycles. The van der Waals surface area contributed by atoms with Crippen LogP contribution < -0.4 is 5.32 Å². The van der Waals surface area contributed by atoms with Crippen LogP contribution in [0.25, 0.3) is 0 Å². The molecule has 17 heavy (non-hydrogen) atoms. The number of nitrogens with one attached hydrogen (secondary N) is 1. The van der Waals surface area contributed by atoms with E-state index in [1.807, 2.05) is 13.2 Å². The Morgan fingerprint density at radius 1 is 1.65 bits per heavy atom. The highest BCUT2D eigenvalue weighted by Crippen LogP contribution is 2.09. The fraction of sp³-hybridized carbons (Fsp3) is 0.500. The molecule has 1 heterocycles. The second kappa shape index (κ2) is 6.02. The SMILES string of the molecule is CSCC(C)(O)CNC(=O)c1ccnc(C)c1. The molecule has 2 N–H and O–H groups in total. The van der Waals surface area contributed by atoms with Crippen molar-refractivity contribution in [2.45, 2.75) is 19.4 Å². The maximum absolute atomic E-state index is 11.8. The average Bonchev–Trinajstić information content (AvgIpc) is 2.26. The second-order valence-corrected chi connectivity index (χ2v) is 5.16. The van der Waals surface area contributed by atoms with E-state index in [1.165, 1.54) is 0 Å². The Morgan fingerprint density at radius 3 is 2.94 bits per heavy atom. The van der Waals surface area contributed by atoms with E-state index < -0.39 is 5.60 Å². The van der Waals surface area contributed by atoms with Gasteiger partial charge in [0.15, 0.2) is 0 Å². The van der Waals surface area contributed by atoms with Crippen molar-refractivity contribution in [2.75, 3.05) is 18.6 Å². The van der Waals surface area contributed by atoms with Crippen molar-refractivity contribution in [3.8, 4) is 0 Å². The summed E-state index contributed by atoms with van der Waals surface area (Å²) in [6, 6.07) is 3.38. The van der Waals surface area contributed by atoms with E-state index in [4.69, 9.17) is 0 Å². The minimum atomic E-state index is -0.878. The van der Waals surface area contributed by atoms with E-state index in [-0.39, 0.29) is 12.5 Å². The molecule has 4 nitrogen and oxygen atoms in total. The van der Waals surface area contributed by atoms with Crippen LogP contribution in [0.4, 0.5) is 0 Å². The standard InChI is InChI=1S/C12H18N2O2S/c1-9-6-10(4-5-13-9)11(15)14-7-12(2,16)8-17-3/h4-6,16H,7-8H2,1-3H3,(H,14,15). The van der Waals surface area contributed by atoms with E-state index >= 15 is 0 Å². The molecule has 1 amide bonds. The predicted octanol–water partition coefficient (Wildman–Crippen LogP) is 1.23. The number of aliphatic hydroxyl groups is 1. The van der Waals surface area contributed by atoms with Crippen LogP contribution >= 0.6 is 11.8 Å². The summed E-state index contributed by atoms with van der Waals surface area (Å²) in [7, 11) is 0. The van der Waals surface area contributed by atoms with Gasteiger partial charge >= 0.3 is 0 Å². The van der Waals surface area contributed by atoms with Gasteiger partial charge in [0.05, 0.1) is 5.60 Å². The predicted molar refractivity (Wildman–Crippen MR) is 70.3 cm³/mol. The van der Waals surface area contributed by atoms with E-state index in [1.54, 1.807) is 37.0 Å². The quantitative estimate of drug-likeness (QED) is 0.829. The van der Waals surface area contributed by atoms with Crippen LogP contribution in [-0.4, -0.2) is 40.2 Å². The van der Waals surface area contributed by atoms with Gasteiger partial charge in [-0.05, 0) is 32.2 Å². The van der Waals surface area contributed by atoms with Crippen LogP contribution in [0, 0.1) is 6.92 Å². The largest absolute Gasteiger partial charge is 0.387 e. The number of aryl methyl sites for hydroxylation is 1. The number of hydrogen-bond acceptors (Lipinski definition) is 4. The second-order valence-electron chi connectivity index (χ2n) is 4.30. The van der Waals surface area contributed by atoms with Crippen LogP contribution in [-0.2, 0) is 0 Å². The van der Waals surface area contributed by atoms with Gasteiger partial charge in [-0.3, -0.25) is 9.78 Å². The van der Waals surface area contributed by atoms with E-state index in [9.17, 15) is 9.90 Å². The zero-order valence-electron chi connectivity index (χ0n) is 10.4. The molecule has 0 aromatic carbocycles.